The second kappa shape index (κ2) is 5.18. The summed E-state index contributed by atoms with van der Waals surface area (Å²) < 4.78 is 4.67. The van der Waals surface area contributed by atoms with Gasteiger partial charge in [-0.05, 0) is 29.7 Å². The standard InChI is InChI=1S/C11H13NO3.ClH/c1-15-11(14)10-5-8-4-9(13)3-2-7(8)6-12-10;/h2-4,10,12-13H,5-6H2,1H3;1H. The molecule has 0 aliphatic carbocycles. The number of phenolic OH excluding ortho intramolecular Hbond substituents is 1. The maximum atomic E-state index is 11.3. The van der Waals surface area contributed by atoms with E-state index in [0.717, 1.165) is 11.1 Å². The molecule has 1 aromatic carbocycles. The van der Waals surface area contributed by atoms with Crippen LogP contribution in [0.1, 0.15) is 11.1 Å². The van der Waals surface area contributed by atoms with Crippen LogP contribution in [0.3, 0.4) is 0 Å². The van der Waals surface area contributed by atoms with Crippen LogP contribution in [-0.2, 0) is 22.5 Å². The van der Waals surface area contributed by atoms with E-state index in [0.29, 0.717) is 13.0 Å². The molecule has 16 heavy (non-hydrogen) atoms. The van der Waals surface area contributed by atoms with Crippen molar-refractivity contribution in [3.8, 4) is 5.75 Å². The summed E-state index contributed by atoms with van der Waals surface area (Å²) in [7, 11) is 1.38. The summed E-state index contributed by atoms with van der Waals surface area (Å²) in [4.78, 5) is 11.3. The zero-order valence-corrected chi connectivity index (χ0v) is 9.71. The van der Waals surface area contributed by atoms with Gasteiger partial charge >= 0.3 is 5.97 Å². The smallest absolute Gasteiger partial charge is 0.323 e. The van der Waals surface area contributed by atoms with Crippen LogP contribution in [0.4, 0.5) is 0 Å². The maximum Gasteiger partial charge on any atom is 0.323 e. The van der Waals surface area contributed by atoms with Crippen molar-refractivity contribution in [1.82, 2.24) is 5.32 Å². The summed E-state index contributed by atoms with van der Waals surface area (Å²) in [5.74, 6) is -0.0248. The van der Waals surface area contributed by atoms with E-state index < -0.39 is 0 Å². The highest BCUT2D eigenvalue weighted by atomic mass is 35.5. The van der Waals surface area contributed by atoms with Gasteiger partial charge in [0, 0.05) is 6.54 Å². The Morgan fingerprint density at radius 3 is 2.94 bits per heavy atom. The fraction of sp³-hybridized carbons (Fsp3) is 0.364. The molecule has 1 heterocycles. The number of rotatable bonds is 1. The van der Waals surface area contributed by atoms with Crippen molar-refractivity contribution in [2.45, 2.75) is 19.0 Å². The number of nitrogens with one attached hydrogen (secondary N) is 1. The third kappa shape index (κ3) is 2.46. The highest BCUT2D eigenvalue weighted by Crippen LogP contribution is 2.21. The van der Waals surface area contributed by atoms with Crippen LogP contribution in [0.25, 0.3) is 0 Å². The molecule has 0 radical (unpaired) electrons. The predicted octanol–water partition coefficient (Wildman–Crippen LogP) is 1.00. The molecule has 0 fully saturated rings. The van der Waals surface area contributed by atoms with Gasteiger partial charge in [0.2, 0.25) is 0 Å². The number of esters is 1. The van der Waals surface area contributed by atoms with Crippen molar-refractivity contribution in [3.05, 3.63) is 29.3 Å². The largest absolute Gasteiger partial charge is 0.508 e. The molecule has 1 aliphatic rings. The fourth-order valence-corrected chi connectivity index (χ4v) is 1.81. The molecular formula is C11H14ClNO3. The average molecular weight is 244 g/mol. The minimum absolute atomic E-state index is 0. The number of fused-ring (bicyclic) bond motifs is 1. The second-order valence-corrected chi connectivity index (χ2v) is 3.61. The Balaban J connectivity index is 0.00000128. The first-order valence-corrected chi connectivity index (χ1v) is 4.82. The first-order valence-electron chi connectivity index (χ1n) is 4.82. The number of carbonyl (C=O) groups excluding carboxylic acids is 1. The predicted molar refractivity (Wildman–Crippen MR) is 61.7 cm³/mol. The topological polar surface area (TPSA) is 58.6 Å². The van der Waals surface area contributed by atoms with Gasteiger partial charge in [-0.2, -0.15) is 0 Å². The molecule has 1 atom stereocenters. The molecule has 4 nitrogen and oxygen atoms in total. The Hall–Kier alpha value is -1.26. The van der Waals surface area contributed by atoms with E-state index in [-0.39, 0.29) is 30.2 Å². The molecule has 2 N–H and O–H groups in total. The summed E-state index contributed by atoms with van der Waals surface area (Å²) in [5, 5.41) is 12.4. The molecule has 0 spiro atoms. The van der Waals surface area contributed by atoms with Gasteiger partial charge in [0.05, 0.1) is 7.11 Å². The molecule has 1 aromatic rings. The van der Waals surface area contributed by atoms with E-state index in [1.54, 1.807) is 12.1 Å². The molecule has 0 aromatic heterocycles. The minimum Gasteiger partial charge on any atom is -0.508 e. The van der Waals surface area contributed by atoms with Gasteiger partial charge in [-0.3, -0.25) is 4.79 Å². The number of aromatic hydroxyl groups is 1. The lowest BCUT2D eigenvalue weighted by atomic mass is 9.95. The Morgan fingerprint density at radius 1 is 1.50 bits per heavy atom. The van der Waals surface area contributed by atoms with Crippen LogP contribution in [0, 0.1) is 0 Å². The van der Waals surface area contributed by atoms with Crippen LogP contribution in [0.5, 0.6) is 5.75 Å². The van der Waals surface area contributed by atoms with E-state index in [1.807, 2.05) is 6.07 Å². The molecule has 2 rings (SSSR count). The molecule has 88 valence electrons. The number of halogens is 1. The molecular weight excluding hydrogens is 230 g/mol. The molecule has 0 saturated carbocycles. The minimum atomic E-state index is -0.302. The van der Waals surface area contributed by atoms with Crippen LogP contribution in [-0.4, -0.2) is 24.2 Å². The van der Waals surface area contributed by atoms with Crippen molar-refractivity contribution in [3.63, 3.8) is 0 Å². The zero-order chi connectivity index (χ0) is 10.8. The lowest BCUT2D eigenvalue weighted by molar-refractivity contribution is -0.143. The van der Waals surface area contributed by atoms with Crippen molar-refractivity contribution < 1.29 is 14.6 Å². The van der Waals surface area contributed by atoms with Gasteiger partial charge in [0.25, 0.3) is 0 Å². The van der Waals surface area contributed by atoms with E-state index in [9.17, 15) is 9.90 Å². The van der Waals surface area contributed by atoms with Crippen molar-refractivity contribution in [2.75, 3.05) is 7.11 Å². The van der Waals surface area contributed by atoms with Gasteiger partial charge in [-0.15, -0.1) is 12.4 Å². The molecule has 0 saturated heterocycles. The number of hydrogen-bond acceptors (Lipinski definition) is 4. The SMILES string of the molecule is COC(=O)C1Cc2cc(O)ccc2CN1.Cl. The maximum absolute atomic E-state index is 11.3. The Kier molecular flexibility index (Phi) is 4.15. The number of phenols is 1. The van der Waals surface area contributed by atoms with E-state index in [1.165, 1.54) is 7.11 Å². The third-order valence-electron chi connectivity index (χ3n) is 2.64. The molecule has 1 unspecified atom stereocenters. The Bertz CT molecular complexity index is 395. The summed E-state index contributed by atoms with van der Waals surface area (Å²) in [6, 6.07) is 4.92. The highest BCUT2D eigenvalue weighted by Gasteiger charge is 2.24. The van der Waals surface area contributed by atoms with Crippen LogP contribution >= 0.6 is 12.4 Å². The summed E-state index contributed by atoms with van der Waals surface area (Å²) in [5.41, 5.74) is 2.12. The van der Waals surface area contributed by atoms with E-state index >= 15 is 0 Å². The van der Waals surface area contributed by atoms with Crippen LogP contribution < -0.4 is 5.32 Å². The molecule has 0 bridgehead atoms. The first-order chi connectivity index (χ1) is 7.20. The van der Waals surface area contributed by atoms with Gasteiger partial charge in [-0.25, -0.2) is 0 Å². The van der Waals surface area contributed by atoms with Crippen LogP contribution in [0.2, 0.25) is 0 Å². The number of hydrogen-bond donors (Lipinski definition) is 2. The van der Waals surface area contributed by atoms with Gasteiger partial charge in [0.1, 0.15) is 11.8 Å². The van der Waals surface area contributed by atoms with Crippen molar-refractivity contribution >= 4 is 18.4 Å². The lowest BCUT2D eigenvalue weighted by Gasteiger charge is -2.24. The van der Waals surface area contributed by atoms with Crippen molar-refractivity contribution in [1.29, 1.82) is 0 Å². The third-order valence-corrected chi connectivity index (χ3v) is 2.64. The molecule has 0 amide bonds. The zero-order valence-electron chi connectivity index (χ0n) is 8.90. The Morgan fingerprint density at radius 2 is 2.25 bits per heavy atom. The first kappa shape index (κ1) is 12.8. The van der Waals surface area contributed by atoms with Gasteiger partial charge < -0.3 is 15.2 Å². The molecule has 1 aliphatic heterocycles. The summed E-state index contributed by atoms with van der Waals surface area (Å²) in [6.45, 7) is 0.634. The quantitative estimate of drug-likeness (QED) is 0.723. The van der Waals surface area contributed by atoms with E-state index in [4.69, 9.17) is 0 Å². The lowest BCUT2D eigenvalue weighted by Crippen LogP contribution is -2.42. The number of ether oxygens (including phenoxy) is 1. The number of methoxy groups -OCH3 is 1. The highest BCUT2D eigenvalue weighted by molar-refractivity contribution is 5.85. The monoisotopic (exact) mass is 243 g/mol. The van der Waals surface area contributed by atoms with E-state index in [2.05, 4.69) is 10.1 Å². The fourth-order valence-electron chi connectivity index (χ4n) is 1.81. The summed E-state index contributed by atoms with van der Waals surface area (Å²) >= 11 is 0. The molecule has 5 heteroatoms. The summed E-state index contributed by atoms with van der Waals surface area (Å²) in [6.07, 6.45) is 0.566. The van der Waals surface area contributed by atoms with Crippen LogP contribution in [0.15, 0.2) is 18.2 Å². The second-order valence-electron chi connectivity index (χ2n) is 3.61. The van der Waals surface area contributed by atoms with Gasteiger partial charge in [-0.1, -0.05) is 6.07 Å². The average Bonchev–Trinajstić information content (AvgIpc) is 2.27. The Labute approximate surface area is 100 Å². The normalized spacial score (nSPS) is 18.2. The van der Waals surface area contributed by atoms with Gasteiger partial charge in [0.15, 0.2) is 0 Å². The number of carbonyl (C=O) groups is 1. The van der Waals surface area contributed by atoms with Crippen molar-refractivity contribution in [2.24, 2.45) is 0 Å². The number of benzene rings is 1.